The Morgan fingerprint density at radius 1 is 1.43 bits per heavy atom. The first-order valence-electron chi connectivity index (χ1n) is 6.72. The van der Waals surface area contributed by atoms with Gasteiger partial charge in [-0.1, -0.05) is 38.2 Å². The minimum absolute atomic E-state index is 0.173. The van der Waals surface area contributed by atoms with Crippen LogP contribution in [0.5, 0.6) is 0 Å². The molecule has 1 aromatic rings. The minimum atomic E-state index is -3.59. The van der Waals surface area contributed by atoms with E-state index in [-0.39, 0.29) is 16.4 Å². The Morgan fingerprint density at radius 2 is 2.10 bits per heavy atom. The van der Waals surface area contributed by atoms with Gasteiger partial charge in [0.2, 0.25) is 10.0 Å². The fourth-order valence-electron chi connectivity index (χ4n) is 1.69. The molecule has 0 spiro atoms. The van der Waals surface area contributed by atoms with E-state index in [0.29, 0.717) is 30.3 Å². The molecule has 0 unspecified atom stereocenters. The highest BCUT2D eigenvalue weighted by Crippen LogP contribution is 2.17. The van der Waals surface area contributed by atoms with Gasteiger partial charge in [-0.3, -0.25) is 0 Å². The summed E-state index contributed by atoms with van der Waals surface area (Å²) >= 11 is 4.88. The van der Waals surface area contributed by atoms with Gasteiger partial charge in [0.15, 0.2) is 0 Å². The van der Waals surface area contributed by atoms with Crippen molar-refractivity contribution in [3.05, 3.63) is 29.3 Å². The second kappa shape index (κ2) is 7.84. The lowest BCUT2D eigenvalue weighted by molar-refractivity contribution is 0.114. The quantitative estimate of drug-likeness (QED) is 0.559. The van der Waals surface area contributed by atoms with Crippen LogP contribution < -0.4 is 10.5 Å². The second-order valence-corrected chi connectivity index (χ2v) is 7.39. The smallest absolute Gasteiger partial charge is 0.240 e. The molecule has 118 valence electrons. The minimum Gasteiger partial charge on any atom is -0.389 e. The zero-order chi connectivity index (χ0) is 16.0. The van der Waals surface area contributed by atoms with Crippen molar-refractivity contribution in [2.24, 2.45) is 11.7 Å². The van der Waals surface area contributed by atoms with Crippen LogP contribution in [0.2, 0.25) is 0 Å². The Kier molecular flexibility index (Phi) is 6.73. The number of ether oxygens (including phenoxy) is 1. The van der Waals surface area contributed by atoms with Crippen molar-refractivity contribution in [3.63, 3.8) is 0 Å². The fraction of sp³-hybridized carbons (Fsp3) is 0.500. The van der Waals surface area contributed by atoms with Crippen LogP contribution in [0.1, 0.15) is 25.0 Å². The molecule has 0 fully saturated rings. The van der Waals surface area contributed by atoms with Crippen molar-refractivity contribution in [3.8, 4) is 0 Å². The number of sulfonamides is 1. The number of nitrogens with one attached hydrogen (secondary N) is 1. The molecule has 0 atom stereocenters. The van der Waals surface area contributed by atoms with Crippen LogP contribution in [0.25, 0.3) is 0 Å². The summed E-state index contributed by atoms with van der Waals surface area (Å²) in [7, 11) is -3.59. The lowest BCUT2D eigenvalue weighted by atomic mass is 10.1. The number of nitrogens with two attached hydrogens (primary N) is 1. The molecule has 5 nitrogen and oxygen atoms in total. The molecular weight excluding hydrogens is 308 g/mol. The van der Waals surface area contributed by atoms with Crippen molar-refractivity contribution in [1.82, 2.24) is 4.72 Å². The molecular formula is C14H22N2O3S2. The van der Waals surface area contributed by atoms with Crippen LogP contribution in [-0.4, -0.2) is 33.2 Å². The summed E-state index contributed by atoms with van der Waals surface area (Å²) in [5.41, 5.74) is 6.72. The van der Waals surface area contributed by atoms with E-state index < -0.39 is 10.0 Å². The van der Waals surface area contributed by atoms with Gasteiger partial charge in [-0.05, 0) is 24.5 Å². The lowest BCUT2D eigenvalue weighted by Gasteiger charge is -2.11. The van der Waals surface area contributed by atoms with E-state index in [1.807, 2.05) is 13.8 Å². The van der Waals surface area contributed by atoms with Gasteiger partial charge in [0.05, 0.1) is 11.5 Å². The molecule has 0 amide bonds. The normalized spacial score (nSPS) is 11.8. The Bertz CT molecular complexity index is 598. The average molecular weight is 330 g/mol. The zero-order valence-corrected chi connectivity index (χ0v) is 14.2. The number of benzene rings is 1. The number of aryl methyl sites for hydroxylation is 1. The SMILES string of the molecule is Cc1ccc(C(N)=S)cc1S(=O)(=O)NCCOCC(C)C. The van der Waals surface area contributed by atoms with Gasteiger partial charge in [0.1, 0.15) is 4.99 Å². The van der Waals surface area contributed by atoms with Crippen molar-refractivity contribution >= 4 is 27.2 Å². The number of rotatable bonds is 8. The first kappa shape index (κ1) is 18.0. The summed E-state index contributed by atoms with van der Waals surface area (Å²) in [5.74, 6) is 0.422. The zero-order valence-electron chi connectivity index (χ0n) is 12.5. The Labute approximate surface area is 131 Å². The molecule has 1 aromatic carbocycles. The summed E-state index contributed by atoms with van der Waals surface area (Å²) in [5, 5.41) is 0. The van der Waals surface area contributed by atoms with Crippen molar-refractivity contribution in [2.45, 2.75) is 25.7 Å². The summed E-state index contributed by atoms with van der Waals surface area (Å²) in [6.07, 6.45) is 0. The van der Waals surface area contributed by atoms with Gasteiger partial charge in [-0.15, -0.1) is 0 Å². The van der Waals surface area contributed by atoms with Gasteiger partial charge >= 0.3 is 0 Å². The summed E-state index contributed by atoms with van der Waals surface area (Å²) in [6.45, 7) is 6.98. The maximum Gasteiger partial charge on any atom is 0.240 e. The highest BCUT2D eigenvalue weighted by Gasteiger charge is 2.17. The number of hydrogen-bond acceptors (Lipinski definition) is 4. The van der Waals surface area contributed by atoms with Gasteiger partial charge in [0.25, 0.3) is 0 Å². The third-order valence-corrected chi connectivity index (χ3v) is 4.59. The number of thiocarbonyl (C=S) groups is 1. The molecule has 1 rings (SSSR count). The molecule has 0 bridgehead atoms. The van der Waals surface area contributed by atoms with Crippen molar-refractivity contribution in [2.75, 3.05) is 19.8 Å². The van der Waals surface area contributed by atoms with Crippen LogP contribution in [0.3, 0.4) is 0 Å². The predicted octanol–water partition coefficient (Wildman–Crippen LogP) is 1.58. The molecule has 0 saturated carbocycles. The van der Waals surface area contributed by atoms with Gasteiger partial charge in [-0.2, -0.15) is 0 Å². The summed E-state index contributed by atoms with van der Waals surface area (Å²) in [6, 6.07) is 4.90. The van der Waals surface area contributed by atoms with E-state index >= 15 is 0 Å². The van der Waals surface area contributed by atoms with Crippen LogP contribution in [0, 0.1) is 12.8 Å². The first-order chi connectivity index (χ1) is 9.74. The molecule has 0 heterocycles. The molecule has 0 radical (unpaired) electrons. The van der Waals surface area contributed by atoms with Gasteiger partial charge < -0.3 is 10.5 Å². The molecule has 0 aliphatic heterocycles. The third kappa shape index (κ3) is 5.70. The molecule has 0 aliphatic rings. The maximum atomic E-state index is 12.3. The average Bonchev–Trinajstić information content (AvgIpc) is 2.37. The third-order valence-electron chi connectivity index (χ3n) is 2.75. The Morgan fingerprint density at radius 3 is 2.67 bits per heavy atom. The monoisotopic (exact) mass is 330 g/mol. The molecule has 0 aliphatic carbocycles. The molecule has 3 N–H and O–H groups in total. The van der Waals surface area contributed by atoms with E-state index in [2.05, 4.69) is 4.72 Å². The first-order valence-corrected chi connectivity index (χ1v) is 8.61. The standard InChI is InChI=1S/C14H22N2O3S2/c1-10(2)9-19-7-6-16-21(17,18)13-8-12(14(15)20)5-4-11(13)3/h4-5,8,10,16H,6-7,9H2,1-3H3,(H2,15,20). The maximum absolute atomic E-state index is 12.3. The van der Waals surface area contributed by atoms with E-state index in [4.69, 9.17) is 22.7 Å². The second-order valence-electron chi connectivity index (χ2n) is 5.21. The van der Waals surface area contributed by atoms with E-state index in [1.165, 1.54) is 6.07 Å². The summed E-state index contributed by atoms with van der Waals surface area (Å²) in [4.78, 5) is 0.364. The largest absolute Gasteiger partial charge is 0.389 e. The Hall–Kier alpha value is -1.02. The lowest BCUT2D eigenvalue weighted by Crippen LogP contribution is -2.28. The molecule has 0 aromatic heterocycles. The van der Waals surface area contributed by atoms with E-state index in [9.17, 15) is 8.42 Å². The predicted molar refractivity (Wildman–Crippen MR) is 87.9 cm³/mol. The Balaban J connectivity index is 2.74. The molecule has 0 saturated heterocycles. The summed E-state index contributed by atoms with van der Waals surface area (Å²) < 4.78 is 32.4. The van der Waals surface area contributed by atoms with E-state index in [0.717, 1.165) is 0 Å². The molecule has 21 heavy (non-hydrogen) atoms. The van der Waals surface area contributed by atoms with E-state index in [1.54, 1.807) is 19.1 Å². The van der Waals surface area contributed by atoms with Crippen LogP contribution >= 0.6 is 12.2 Å². The van der Waals surface area contributed by atoms with Gasteiger partial charge in [0, 0.05) is 18.7 Å². The van der Waals surface area contributed by atoms with Crippen LogP contribution in [0.15, 0.2) is 23.1 Å². The molecule has 7 heteroatoms. The van der Waals surface area contributed by atoms with Crippen molar-refractivity contribution < 1.29 is 13.2 Å². The fourth-order valence-corrected chi connectivity index (χ4v) is 3.10. The highest BCUT2D eigenvalue weighted by molar-refractivity contribution is 7.89. The van der Waals surface area contributed by atoms with Crippen molar-refractivity contribution in [1.29, 1.82) is 0 Å². The van der Waals surface area contributed by atoms with Gasteiger partial charge in [-0.25, -0.2) is 13.1 Å². The highest BCUT2D eigenvalue weighted by atomic mass is 32.2. The topological polar surface area (TPSA) is 81.4 Å². The van der Waals surface area contributed by atoms with Crippen LogP contribution in [0.4, 0.5) is 0 Å². The van der Waals surface area contributed by atoms with Crippen LogP contribution in [-0.2, 0) is 14.8 Å². The number of hydrogen-bond donors (Lipinski definition) is 2.